The maximum atomic E-state index is 9.70. The Labute approximate surface area is 84.2 Å². The van der Waals surface area contributed by atoms with Crippen molar-refractivity contribution < 1.29 is 5.11 Å². The van der Waals surface area contributed by atoms with Crippen LogP contribution in [0.3, 0.4) is 0 Å². The topological polar surface area (TPSA) is 72.0 Å². The fraction of sp³-hybridized carbons (Fsp3) is 0.600. The number of rotatable bonds is 3. The van der Waals surface area contributed by atoms with Crippen LogP contribution in [0.5, 0.6) is 0 Å². The Morgan fingerprint density at radius 3 is 2.50 bits per heavy atom. The molecule has 4 heteroatoms. The van der Waals surface area contributed by atoms with E-state index in [1.807, 2.05) is 13.8 Å². The number of nitrogens with two attached hydrogens (primary N) is 1. The first-order chi connectivity index (χ1) is 6.52. The SMILES string of the molecule is Cc1nccnc1C(C)(CN)C(C)O. The molecule has 0 aliphatic carbocycles. The zero-order valence-corrected chi connectivity index (χ0v) is 8.86. The van der Waals surface area contributed by atoms with E-state index in [4.69, 9.17) is 5.73 Å². The molecular weight excluding hydrogens is 178 g/mol. The van der Waals surface area contributed by atoms with E-state index in [2.05, 4.69) is 9.97 Å². The van der Waals surface area contributed by atoms with Crippen LogP contribution in [-0.4, -0.2) is 27.7 Å². The predicted molar refractivity (Wildman–Crippen MR) is 54.9 cm³/mol. The smallest absolute Gasteiger partial charge is 0.0713 e. The van der Waals surface area contributed by atoms with Crippen LogP contribution in [0.25, 0.3) is 0 Å². The van der Waals surface area contributed by atoms with Gasteiger partial charge >= 0.3 is 0 Å². The van der Waals surface area contributed by atoms with Crippen molar-refractivity contribution in [1.29, 1.82) is 0 Å². The molecule has 0 aromatic carbocycles. The van der Waals surface area contributed by atoms with E-state index in [1.54, 1.807) is 19.3 Å². The van der Waals surface area contributed by atoms with Crippen molar-refractivity contribution in [2.45, 2.75) is 32.3 Å². The highest BCUT2D eigenvalue weighted by molar-refractivity contribution is 5.22. The summed E-state index contributed by atoms with van der Waals surface area (Å²) in [5.74, 6) is 0. The molecule has 2 unspecified atom stereocenters. The lowest BCUT2D eigenvalue weighted by Crippen LogP contribution is -2.43. The zero-order chi connectivity index (χ0) is 10.8. The van der Waals surface area contributed by atoms with Crippen LogP contribution in [0, 0.1) is 6.92 Å². The lowest BCUT2D eigenvalue weighted by atomic mass is 9.80. The van der Waals surface area contributed by atoms with Gasteiger partial charge in [-0.3, -0.25) is 9.97 Å². The van der Waals surface area contributed by atoms with Crippen LogP contribution >= 0.6 is 0 Å². The predicted octanol–water partition coefficient (Wildman–Crippen LogP) is 0.382. The molecule has 0 saturated carbocycles. The first-order valence-corrected chi connectivity index (χ1v) is 4.68. The molecule has 0 aliphatic rings. The average Bonchev–Trinajstić information content (AvgIpc) is 2.17. The number of nitrogens with zero attached hydrogens (tertiary/aromatic N) is 2. The first-order valence-electron chi connectivity index (χ1n) is 4.68. The van der Waals surface area contributed by atoms with E-state index in [0.717, 1.165) is 11.4 Å². The summed E-state index contributed by atoms with van der Waals surface area (Å²) in [5.41, 5.74) is 6.76. The Hall–Kier alpha value is -1.00. The Bertz CT molecular complexity index is 314. The standard InChI is InChI=1S/C10H17N3O/c1-7-9(13-5-4-12-7)10(3,6-11)8(2)14/h4-5,8,14H,6,11H2,1-3H3. The maximum Gasteiger partial charge on any atom is 0.0713 e. The summed E-state index contributed by atoms with van der Waals surface area (Å²) >= 11 is 0. The van der Waals surface area contributed by atoms with Crippen LogP contribution in [0.4, 0.5) is 0 Å². The van der Waals surface area contributed by atoms with Crippen LogP contribution < -0.4 is 5.73 Å². The molecule has 1 aromatic heterocycles. The molecule has 1 heterocycles. The number of aliphatic hydroxyl groups is 1. The fourth-order valence-corrected chi connectivity index (χ4v) is 1.43. The van der Waals surface area contributed by atoms with Gasteiger partial charge < -0.3 is 10.8 Å². The van der Waals surface area contributed by atoms with Crippen molar-refractivity contribution in [3.05, 3.63) is 23.8 Å². The zero-order valence-electron chi connectivity index (χ0n) is 8.86. The summed E-state index contributed by atoms with van der Waals surface area (Å²) in [4.78, 5) is 8.39. The van der Waals surface area contributed by atoms with Gasteiger partial charge in [-0.05, 0) is 13.8 Å². The number of aromatic nitrogens is 2. The third-order valence-electron chi connectivity index (χ3n) is 2.77. The molecule has 4 nitrogen and oxygen atoms in total. The first kappa shape index (κ1) is 11.1. The molecule has 0 fully saturated rings. The quantitative estimate of drug-likeness (QED) is 0.731. The van der Waals surface area contributed by atoms with Crippen molar-refractivity contribution >= 4 is 0 Å². The van der Waals surface area contributed by atoms with Gasteiger partial charge in [0.15, 0.2) is 0 Å². The molecule has 1 aromatic rings. The molecule has 2 atom stereocenters. The number of aliphatic hydroxyl groups excluding tert-OH is 1. The van der Waals surface area contributed by atoms with E-state index in [-0.39, 0.29) is 0 Å². The minimum Gasteiger partial charge on any atom is -0.392 e. The summed E-state index contributed by atoms with van der Waals surface area (Å²) in [7, 11) is 0. The van der Waals surface area contributed by atoms with Crippen molar-refractivity contribution in [2.24, 2.45) is 5.73 Å². The van der Waals surface area contributed by atoms with E-state index in [9.17, 15) is 5.11 Å². The summed E-state index contributed by atoms with van der Waals surface area (Å²) in [6, 6.07) is 0. The third kappa shape index (κ3) is 1.76. The molecule has 0 aliphatic heterocycles. The number of hydrogen-bond donors (Lipinski definition) is 2. The van der Waals surface area contributed by atoms with Crippen LogP contribution in [-0.2, 0) is 5.41 Å². The van der Waals surface area contributed by atoms with E-state index in [1.165, 1.54) is 0 Å². The van der Waals surface area contributed by atoms with Gasteiger partial charge in [0.2, 0.25) is 0 Å². The minimum atomic E-state index is -0.539. The number of hydrogen-bond acceptors (Lipinski definition) is 4. The third-order valence-corrected chi connectivity index (χ3v) is 2.77. The largest absolute Gasteiger partial charge is 0.392 e. The average molecular weight is 195 g/mol. The normalized spacial score (nSPS) is 17.5. The molecule has 0 spiro atoms. The molecule has 1 rings (SSSR count). The summed E-state index contributed by atoms with van der Waals surface area (Å²) in [5, 5.41) is 9.70. The lowest BCUT2D eigenvalue weighted by Gasteiger charge is -2.31. The molecule has 3 N–H and O–H groups in total. The van der Waals surface area contributed by atoms with E-state index < -0.39 is 11.5 Å². The Kier molecular flexibility index (Phi) is 3.18. The van der Waals surface area contributed by atoms with Crippen LogP contribution in [0.2, 0.25) is 0 Å². The highest BCUT2D eigenvalue weighted by Gasteiger charge is 2.33. The second kappa shape index (κ2) is 4.02. The van der Waals surface area contributed by atoms with E-state index in [0.29, 0.717) is 6.54 Å². The summed E-state index contributed by atoms with van der Waals surface area (Å²) < 4.78 is 0. The molecule has 78 valence electrons. The highest BCUT2D eigenvalue weighted by Crippen LogP contribution is 2.26. The molecule has 0 amide bonds. The van der Waals surface area contributed by atoms with Gasteiger partial charge in [-0.1, -0.05) is 6.92 Å². The Balaban J connectivity index is 3.19. The molecular formula is C10H17N3O. The lowest BCUT2D eigenvalue weighted by molar-refractivity contribution is 0.108. The fourth-order valence-electron chi connectivity index (χ4n) is 1.43. The second-order valence-corrected chi connectivity index (χ2v) is 3.79. The van der Waals surface area contributed by atoms with Crippen LogP contribution in [0.15, 0.2) is 12.4 Å². The maximum absolute atomic E-state index is 9.70. The van der Waals surface area contributed by atoms with Gasteiger partial charge in [-0.25, -0.2) is 0 Å². The highest BCUT2D eigenvalue weighted by atomic mass is 16.3. The monoisotopic (exact) mass is 195 g/mol. The Morgan fingerprint density at radius 2 is 2.07 bits per heavy atom. The molecule has 0 saturated heterocycles. The second-order valence-electron chi connectivity index (χ2n) is 3.79. The number of aryl methyl sites for hydroxylation is 1. The van der Waals surface area contributed by atoms with Crippen LogP contribution in [0.1, 0.15) is 25.2 Å². The van der Waals surface area contributed by atoms with Gasteiger partial charge in [0.05, 0.1) is 17.5 Å². The van der Waals surface area contributed by atoms with Crippen molar-refractivity contribution in [1.82, 2.24) is 9.97 Å². The van der Waals surface area contributed by atoms with Gasteiger partial charge in [0.25, 0.3) is 0 Å². The summed E-state index contributed by atoms with van der Waals surface area (Å²) in [6.45, 7) is 5.85. The van der Waals surface area contributed by atoms with Gasteiger partial charge in [0, 0.05) is 24.4 Å². The van der Waals surface area contributed by atoms with Crippen molar-refractivity contribution in [3.8, 4) is 0 Å². The van der Waals surface area contributed by atoms with Crippen molar-refractivity contribution in [2.75, 3.05) is 6.54 Å². The molecule has 0 radical (unpaired) electrons. The Morgan fingerprint density at radius 1 is 1.50 bits per heavy atom. The van der Waals surface area contributed by atoms with E-state index >= 15 is 0 Å². The van der Waals surface area contributed by atoms with Gasteiger partial charge in [0.1, 0.15) is 0 Å². The van der Waals surface area contributed by atoms with Gasteiger partial charge in [-0.2, -0.15) is 0 Å². The molecule has 14 heavy (non-hydrogen) atoms. The molecule has 0 bridgehead atoms. The summed E-state index contributed by atoms with van der Waals surface area (Å²) in [6.07, 6.45) is 2.72. The minimum absolute atomic E-state index is 0.351. The van der Waals surface area contributed by atoms with Crippen molar-refractivity contribution in [3.63, 3.8) is 0 Å². The van der Waals surface area contributed by atoms with Gasteiger partial charge in [-0.15, -0.1) is 0 Å².